The van der Waals surface area contributed by atoms with Gasteiger partial charge in [0.1, 0.15) is 6.10 Å². The van der Waals surface area contributed by atoms with Crippen LogP contribution in [-0.2, 0) is 0 Å². The first-order valence-corrected chi connectivity index (χ1v) is 7.49. The van der Waals surface area contributed by atoms with Crippen LogP contribution in [0.5, 0.6) is 0 Å². The number of guanidine groups is 1. The summed E-state index contributed by atoms with van der Waals surface area (Å²) in [6, 6.07) is 7.20. The number of benzene rings is 1. The number of hydrogen-bond donors (Lipinski definition) is 3. The summed E-state index contributed by atoms with van der Waals surface area (Å²) in [6.07, 6.45) is 4.00. The lowest BCUT2D eigenvalue weighted by Gasteiger charge is -2.11. The van der Waals surface area contributed by atoms with Crippen LogP contribution in [0.15, 0.2) is 29.3 Å². The van der Waals surface area contributed by atoms with Crippen LogP contribution < -0.4 is 11.1 Å². The summed E-state index contributed by atoms with van der Waals surface area (Å²) < 4.78 is 0. The van der Waals surface area contributed by atoms with Crippen LogP contribution in [-0.4, -0.2) is 24.2 Å². The normalized spacial score (nSPS) is 13.2. The maximum absolute atomic E-state index is 10.0. The van der Waals surface area contributed by atoms with Gasteiger partial charge in [0.15, 0.2) is 5.96 Å². The summed E-state index contributed by atoms with van der Waals surface area (Å²) in [4.78, 5) is 4.13. The van der Waals surface area contributed by atoms with Crippen molar-refractivity contribution in [3.8, 4) is 0 Å². The van der Waals surface area contributed by atoms with Crippen LogP contribution in [0.4, 0.5) is 0 Å². The summed E-state index contributed by atoms with van der Waals surface area (Å²) in [7, 11) is 0. The van der Waals surface area contributed by atoms with Crippen LogP contribution in [0.25, 0.3) is 0 Å². The number of nitrogens with two attached hydrogens (primary N) is 1. The molecule has 20 heavy (non-hydrogen) atoms. The minimum Gasteiger partial charge on any atom is -0.386 e. The molecule has 4 N–H and O–H groups in total. The largest absolute Gasteiger partial charge is 0.386 e. The van der Waals surface area contributed by atoms with Gasteiger partial charge in [0.05, 0.1) is 6.54 Å². The van der Waals surface area contributed by atoms with E-state index in [2.05, 4.69) is 17.2 Å². The highest BCUT2D eigenvalue weighted by Gasteiger charge is 2.10. The van der Waals surface area contributed by atoms with E-state index in [1.807, 2.05) is 12.1 Å². The van der Waals surface area contributed by atoms with Gasteiger partial charge in [0.25, 0.3) is 0 Å². The van der Waals surface area contributed by atoms with Crippen LogP contribution in [0.1, 0.15) is 44.3 Å². The van der Waals surface area contributed by atoms with Gasteiger partial charge in [0, 0.05) is 17.1 Å². The number of aliphatic hydroxyl groups is 1. The molecule has 1 aromatic carbocycles. The topological polar surface area (TPSA) is 70.6 Å². The van der Waals surface area contributed by atoms with Gasteiger partial charge in [0.2, 0.25) is 0 Å². The molecule has 0 saturated carbocycles. The van der Waals surface area contributed by atoms with Crippen LogP contribution in [0, 0.1) is 0 Å². The van der Waals surface area contributed by atoms with Crippen molar-refractivity contribution < 1.29 is 5.11 Å². The molecule has 0 aliphatic heterocycles. The van der Waals surface area contributed by atoms with E-state index in [-0.39, 0.29) is 6.54 Å². The second kappa shape index (κ2) is 9.61. The van der Waals surface area contributed by atoms with Crippen LogP contribution >= 0.6 is 11.6 Å². The molecule has 0 fully saturated rings. The third-order valence-corrected chi connectivity index (χ3v) is 3.38. The first-order valence-electron chi connectivity index (χ1n) is 7.11. The smallest absolute Gasteiger partial charge is 0.188 e. The zero-order valence-corrected chi connectivity index (χ0v) is 12.7. The molecule has 0 spiro atoms. The number of aliphatic imine (C=N–C) groups is 1. The molecule has 0 aliphatic rings. The van der Waals surface area contributed by atoms with Crippen LogP contribution in [0.3, 0.4) is 0 Å². The Morgan fingerprint density at radius 1 is 1.35 bits per heavy atom. The van der Waals surface area contributed by atoms with Crippen molar-refractivity contribution in [3.05, 3.63) is 34.9 Å². The molecule has 0 amide bonds. The Bertz CT molecular complexity index is 423. The van der Waals surface area contributed by atoms with Gasteiger partial charge in [-0.15, -0.1) is 0 Å². The maximum Gasteiger partial charge on any atom is 0.188 e. The average molecular weight is 298 g/mol. The van der Waals surface area contributed by atoms with Crippen molar-refractivity contribution in [1.82, 2.24) is 5.32 Å². The summed E-state index contributed by atoms with van der Waals surface area (Å²) in [5, 5.41) is 13.6. The lowest BCUT2D eigenvalue weighted by atomic mass is 10.1. The molecule has 1 rings (SSSR count). The second-order valence-electron chi connectivity index (χ2n) is 4.75. The Balaban J connectivity index is 2.33. The maximum atomic E-state index is 10.0. The summed E-state index contributed by atoms with van der Waals surface area (Å²) in [5.74, 6) is 0.368. The highest BCUT2D eigenvalue weighted by molar-refractivity contribution is 6.31. The average Bonchev–Trinajstić information content (AvgIpc) is 2.45. The predicted octanol–water partition coefficient (Wildman–Crippen LogP) is 2.86. The fourth-order valence-electron chi connectivity index (χ4n) is 1.85. The molecule has 0 aromatic heterocycles. The lowest BCUT2D eigenvalue weighted by Crippen LogP contribution is -2.32. The zero-order chi connectivity index (χ0) is 14.8. The molecule has 0 saturated heterocycles. The SMILES string of the molecule is CCCCCCNC(N)=NCC(O)c1ccccc1Cl. The van der Waals surface area contributed by atoms with Crippen molar-refractivity contribution in [2.75, 3.05) is 13.1 Å². The first-order chi connectivity index (χ1) is 9.65. The van der Waals surface area contributed by atoms with E-state index in [4.69, 9.17) is 17.3 Å². The van der Waals surface area contributed by atoms with Crippen molar-refractivity contribution >= 4 is 17.6 Å². The number of halogens is 1. The molecule has 0 bridgehead atoms. The van der Waals surface area contributed by atoms with E-state index in [9.17, 15) is 5.11 Å². The Morgan fingerprint density at radius 3 is 2.80 bits per heavy atom. The van der Waals surface area contributed by atoms with Gasteiger partial charge in [-0.25, -0.2) is 0 Å². The van der Waals surface area contributed by atoms with Gasteiger partial charge in [-0.1, -0.05) is 56.0 Å². The number of unbranched alkanes of at least 4 members (excludes halogenated alkanes) is 3. The van der Waals surface area contributed by atoms with Crippen molar-refractivity contribution in [1.29, 1.82) is 0 Å². The molecule has 0 radical (unpaired) electrons. The number of nitrogens with zero attached hydrogens (tertiary/aromatic N) is 1. The quantitative estimate of drug-likeness (QED) is 0.392. The van der Waals surface area contributed by atoms with Gasteiger partial charge in [-0.05, 0) is 12.5 Å². The third-order valence-electron chi connectivity index (χ3n) is 3.04. The van der Waals surface area contributed by atoms with Gasteiger partial charge in [-0.3, -0.25) is 4.99 Å². The summed E-state index contributed by atoms with van der Waals surface area (Å²) in [5.41, 5.74) is 6.42. The number of rotatable bonds is 8. The molecule has 112 valence electrons. The van der Waals surface area contributed by atoms with E-state index in [0.29, 0.717) is 16.5 Å². The van der Waals surface area contributed by atoms with E-state index in [1.165, 1.54) is 19.3 Å². The Morgan fingerprint density at radius 2 is 2.10 bits per heavy atom. The lowest BCUT2D eigenvalue weighted by molar-refractivity contribution is 0.187. The highest BCUT2D eigenvalue weighted by Crippen LogP contribution is 2.22. The molecule has 5 heteroatoms. The van der Waals surface area contributed by atoms with E-state index >= 15 is 0 Å². The Kier molecular flexibility index (Phi) is 8.07. The van der Waals surface area contributed by atoms with E-state index in [1.54, 1.807) is 12.1 Å². The number of aliphatic hydroxyl groups excluding tert-OH is 1. The molecular weight excluding hydrogens is 274 g/mol. The monoisotopic (exact) mass is 297 g/mol. The molecular formula is C15H24ClN3O. The summed E-state index contributed by atoms with van der Waals surface area (Å²) >= 11 is 6.01. The van der Waals surface area contributed by atoms with Crippen molar-refractivity contribution in [2.45, 2.75) is 38.7 Å². The van der Waals surface area contributed by atoms with Gasteiger partial charge in [-0.2, -0.15) is 0 Å². The molecule has 4 nitrogen and oxygen atoms in total. The molecule has 0 heterocycles. The van der Waals surface area contributed by atoms with Gasteiger partial charge >= 0.3 is 0 Å². The first kappa shape index (κ1) is 16.8. The van der Waals surface area contributed by atoms with Crippen molar-refractivity contribution in [3.63, 3.8) is 0 Å². The standard InChI is InChI=1S/C15H24ClN3O/c1-2-3-4-7-10-18-15(17)19-11-14(20)12-8-5-6-9-13(12)16/h5-6,8-9,14,20H,2-4,7,10-11H2,1H3,(H3,17,18,19). The predicted molar refractivity (Wildman–Crippen MR) is 85.0 cm³/mol. The van der Waals surface area contributed by atoms with Crippen molar-refractivity contribution in [2.24, 2.45) is 10.7 Å². The van der Waals surface area contributed by atoms with Crippen LogP contribution in [0.2, 0.25) is 5.02 Å². The zero-order valence-electron chi connectivity index (χ0n) is 12.0. The fraction of sp³-hybridized carbons (Fsp3) is 0.533. The van der Waals surface area contributed by atoms with Gasteiger partial charge < -0.3 is 16.2 Å². The second-order valence-corrected chi connectivity index (χ2v) is 5.16. The molecule has 1 atom stereocenters. The minimum atomic E-state index is -0.732. The molecule has 1 unspecified atom stereocenters. The fourth-order valence-corrected chi connectivity index (χ4v) is 2.11. The third kappa shape index (κ3) is 6.26. The Hall–Kier alpha value is -1.26. The number of hydrogen-bond acceptors (Lipinski definition) is 2. The number of nitrogens with one attached hydrogen (secondary N) is 1. The summed E-state index contributed by atoms with van der Waals surface area (Å²) in [6.45, 7) is 3.20. The molecule has 0 aliphatic carbocycles. The van der Waals surface area contributed by atoms with E-state index < -0.39 is 6.10 Å². The Labute approximate surface area is 126 Å². The highest BCUT2D eigenvalue weighted by atomic mass is 35.5. The molecule has 1 aromatic rings. The van der Waals surface area contributed by atoms with E-state index in [0.717, 1.165) is 13.0 Å². The minimum absolute atomic E-state index is 0.206.